The van der Waals surface area contributed by atoms with Crippen molar-refractivity contribution in [3.63, 3.8) is 0 Å². The summed E-state index contributed by atoms with van der Waals surface area (Å²) in [5, 5.41) is 23.1. The predicted octanol–water partition coefficient (Wildman–Crippen LogP) is 14.6. The summed E-state index contributed by atoms with van der Waals surface area (Å²) in [7, 11) is 0. The minimum atomic E-state index is -0.678. The number of nitrogens with one attached hydrogen (secondary N) is 1. The molecule has 2 atom stereocenters. The normalized spacial score (nSPS) is 12.7. The van der Waals surface area contributed by atoms with E-state index < -0.39 is 12.1 Å². The molecule has 0 aromatic heterocycles. The molecule has 0 fully saturated rings. The van der Waals surface area contributed by atoms with E-state index in [1.165, 1.54) is 161 Å². The van der Waals surface area contributed by atoms with Crippen LogP contribution in [-0.4, -0.2) is 47.4 Å². The fourth-order valence-corrected chi connectivity index (χ4v) is 7.69. The number of carbonyl (C=O) groups excluding carboxylic acids is 2. The zero-order valence-corrected chi connectivity index (χ0v) is 37.6. The highest BCUT2D eigenvalue weighted by atomic mass is 16.5. The molecule has 0 aromatic carbocycles. The lowest BCUT2D eigenvalue weighted by atomic mass is 10.0. The van der Waals surface area contributed by atoms with E-state index in [1.807, 2.05) is 0 Å². The van der Waals surface area contributed by atoms with Gasteiger partial charge in [0.2, 0.25) is 5.91 Å². The van der Waals surface area contributed by atoms with Crippen molar-refractivity contribution < 1.29 is 24.5 Å². The molecule has 0 aliphatic rings. The van der Waals surface area contributed by atoms with Crippen molar-refractivity contribution in [2.45, 2.75) is 283 Å². The van der Waals surface area contributed by atoms with Gasteiger partial charge in [-0.2, -0.15) is 0 Å². The molecule has 0 aliphatic carbocycles. The highest BCUT2D eigenvalue weighted by molar-refractivity contribution is 5.76. The molecule has 0 aliphatic heterocycles. The van der Waals surface area contributed by atoms with Gasteiger partial charge in [0.05, 0.1) is 25.4 Å². The number of hydrogen-bond donors (Lipinski definition) is 3. The van der Waals surface area contributed by atoms with Crippen LogP contribution in [0.5, 0.6) is 0 Å². The van der Waals surface area contributed by atoms with Crippen LogP contribution in [0.1, 0.15) is 271 Å². The average Bonchev–Trinajstić information content (AvgIpc) is 3.20. The third kappa shape index (κ3) is 42.2. The smallest absolute Gasteiger partial charge is 0.305 e. The second-order valence-corrected chi connectivity index (χ2v) is 17.1. The van der Waals surface area contributed by atoms with E-state index in [1.54, 1.807) is 0 Å². The quantitative estimate of drug-likeness (QED) is 0.0324. The number of amides is 1. The van der Waals surface area contributed by atoms with Gasteiger partial charge in [-0.05, 0) is 57.8 Å². The van der Waals surface area contributed by atoms with Crippen LogP contribution in [0.15, 0.2) is 12.2 Å². The summed E-state index contributed by atoms with van der Waals surface area (Å²) in [4.78, 5) is 24.4. The Labute approximate surface area is 349 Å². The zero-order valence-electron chi connectivity index (χ0n) is 37.6. The van der Waals surface area contributed by atoms with Gasteiger partial charge in [-0.3, -0.25) is 9.59 Å². The molecule has 0 aromatic rings. The van der Waals surface area contributed by atoms with Gasteiger partial charge < -0.3 is 20.3 Å². The van der Waals surface area contributed by atoms with Crippen LogP contribution in [-0.2, 0) is 14.3 Å². The molecule has 0 radical (unpaired) electrons. The van der Waals surface area contributed by atoms with Crippen molar-refractivity contribution in [3.05, 3.63) is 12.2 Å². The van der Waals surface area contributed by atoms with Crippen LogP contribution in [0.3, 0.4) is 0 Å². The Morgan fingerprint density at radius 2 is 0.839 bits per heavy atom. The first kappa shape index (κ1) is 54.6. The van der Waals surface area contributed by atoms with Crippen molar-refractivity contribution in [2.24, 2.45) is 0 Å². The molecular weight excluding hydrogens is 695 g/mol. The summed E-state index contributed by atoms with van der Waals surface area (Å²) < 4.78 is 5.44. The predicted molar refractivity (Wildman–Crippen MR) is 241 cm³/mol. The molecule has 0 spiro atoms. The van der Waals surface area contributed by atoms with Crippen LogP contribution >= 0.6 is 0 Å². The molecule has 56 heavy (non-hydrogen) atoms. The lowest BCUT2D eigenvalue weighted by Gasteiger charge is -2.22. The van der Waals surface area contributed by atoms with E-state index in [0.29, 0.717) is 25.9 Å². The first-order valence-corrected chi connectivity index (χ1v) is 24.9. The Morgan fingerprint density at radius 3 is 1.27 bits per heavy atom. The summed E-state index contributed by atoms with van der Waals surface area (Å²) in [6, 6.07) is -0.558. The van der Waals surface area contributed by atoms with Crippen LogP contribution < -0.4 is 5.32 Å². The van der Waals surface area contributed by atoms with Crippen LogP contribution in [0, 0.1) is 0 Å². The first-order chi connectivity index (χ1) is 27.5. The summed E-state index contributed by atoms with van der Waals surface area (Å²) in [6.07, 6.45) is 51.7. The highest BCUT2D eigenvalue weighted by Crippen LogP contribution is 2.16. The van der Waals surface area contributed by atoms with Crippen LogP contribution in [0.2, 0.25) is 0 Å². The Bertz CT molecular complexity index is 832. The van der Waals surface area contributed by atoms with Gasteiger partial charge in [0.15, 0.2) is 0 Å². The van der Waals surface area contributed by atoms with Crippen LogP contribution in [0.4, 0.5) is 0 Å². The van der Waals surface area contributed by atoms with E-state index in [0.717, 1.165) is 77.0 Å². The molecule has 0 saturated heterocycles. The minimum absolute atomic E-state index is 0.0205. The van der Waals surface area contributed by atoms with E-state index in [4.69, 9.17) is 4.74 Å². The number of carbonyl (C=O) groups is 2. The van der Waals surface area contributed by atoms with Gasteiger partial charge in [0.25, 0.3) is 0 Å². The van der Waals surface area contributed by atoms with Gasteiger partial charge in [-0.15, -0.1) is 0 Å². The lowest BCUT2D eigenvalue weighted by molar-refractivity contribution is -0.143. The van der Waals surface area contributed by atoms with Gasteiger partial charge in [0, 0.05) is 12.8 Å². The van der Waals surface area contributed by atoms with Crippen molar-refractivity contribution in [3.8, 4) is 0 Å². The third-order valence-corrected chi connectivity index (χ3v) is 11.6. The standard InChI is InChI=1S/C50H97NO5/c1-3-5-7-9-11-13-15-17-19-24-28-32-36-40-44-50(55)56-45-41-37-33-29-25-21-20-23-27-31-35-39-43-49(54)51-47(46-52)48(53)42-38-34-30-26-22-18-16-14-12-10-8-6-4-2/h21,25,47-48,52-53H,3-20,22-24,26-46H2,1-2H3,(H,51,54)/b25-21-. The summed E-state index contributed by atoms with van der Waals surface area (Å²) in [5.41, 5.74) is 0. The first-order valence-electron chi connectivity index (χ1n) is 24.9. The van der Waals surface area contributed by atoms with E-state index in [2.05, 4.69) is 31.3 Å². The minimum Gasteiger partial charge on any atom is -0.466 e. The molecule has 1 amide bonds. The Balaban J connectivity index is 3.49. The molecule has 0 saturated carbocycles. The molecule has 0 bridgehead atoms. The summed E-state index contributed by atoms with van der Waals surface area (Å²) >= 11 is 0. The van der Waals surface area contributed by atoms with Crippen molar-refractivity contribution in [1.29, 1.82) is 0 Å². The van der Waals surface area contributed by atoms with Gasteiger partial charge in [0.1, 0.15) is 0 Å². The van der Waals surface area contributed by atoms with Crippen molar-refractivity contribution in [2.75, 3.05) is 13.2 Å². The molecular formula is C50H97NO5. The Morgan fingerprint density at radius 1 is 0.482 bits per heavy atom. The Kier molecular flexibility index (Phi) is 45.1. The topological polar surface area (TPSA) is 95.9 Å². The van der Waals surface area contributed by atoms with E-state index in [9.17, 15) is 19.8 Å². The van der Waals surface area contributed by atoms with Crippen molar-refractivity contribution in [1.82, 2.24) is 5.32 Å². The van der Waals surface area contributed by atoms with Gasteiger partial charge >= 0.3 is 5.97 Å². The molecule has 6 nitrogen and oxygen atoms in total. The maximum absolute atomic E-state index is 12.4. The molecule has 332 valence electrons. The van der Waals surface area contributed by atoms with E-state index >= 15 is 0 Å². The number of esters is 1. The lowest BCUT2D eigenvalue weighted by Crippen LogP contribution is -2.45. The largest absolute Gasteiger partial charge is 0.466 e. The average molecular weight is 792 g/mol. The number of aliphatic hydroxyl groups excluding tert-OH is 2. The number of aliphatic hydroxyl groups is 2. The van der Waals surface area contributed by atoms with E-state index in [-0.39, 0.29) is 18.5 Å². The van der Waals surface area contributed by atoms with Crippen LogP contribution in [0.25, 0.3) is 0 Å². The zero-order chi connectivity index (χ0) is 40.8. The number of unbranched alkanes of at least 4 members (excludes halogenated alkanes) is 33. The number of ether oxygens (including phenoxy) is 1. The number of rotatable bonds is 46. The Hall–Kier alpha value is -1.40. The fraction of sp³-hybridized carbons (Fsp3) is 0.920. The number of allylic oxidation sites excluding steroid dienone is 2. The fourth-order valence-electron chi connectivity index (χ4n) is 7.69. The highest BCUT2D eigenvalue weighted by Gasteiger charge is 2.20. The van der Waals surface area contributed by atoms with Crippen molar-refractivity contribution >= 4 is 11.9 Å². The monoisotopic (exact) mass is 792 g/mol. The maximum Gasteiger partial charge on any atom is 0.305 e. The third-order valence-electron chi connectivity index (χ3n) is 11.6. The molecule has 2 unspecified atom stereocenters. The van der Waals surface area contributed by atoms with Gasteiger partial charge in [-0.1, -0.05) is 212 Å². The summed E-state index contributed by atoms with van der Waals surface area (Å²) in [6.45, 7) is 4.89. The number of hydrogen-bond acceptors (Lipinski definition) is 5. The molecule has 0 rings (SSSR count). The maximum atomic E-state index is 12.4. The molecule has 3 N–H and O–H groups in total. The molecule has 0 heterocycles. The molecule has 6 heteroatoms. The van der Waals surface area contributed by atoms with Gasteiger partial charge in [-0.25, -0.2) is 0 Å². The summed E-state index contributed by atoms with van der Waals surface area (Å²) in [5.74, 6) is -0.0809. The SMILES string of the molecule is CCCCCCCCCCCCCCCCC(=O)OCCCCC/C=C\CCCCCCCC(=O)NC(CO)C(O)CCCCCCCCCCCCCCC. The second kappa shape index (κ2) is 46.3. The second-order valence-electron chi connectivity index (χ2n) is 17.1.